The van der Waals surface area contributed by atoms with Crippen LogP contribution < -0.4 is 5.32 Å². The standard InChI is InChI=1S/C11H16ClF2NO3S/c12-8-5-19(17,18)6-9(8)15-10(16)7-1-3-11(13,14)4-2-7/h7-9H,1-6H2,(H,15,16). The van der Waals surface area contributed by atoms with Crippen molar-refractivity contribution in [2.24, 2.45) is 5.92 Å². The van der Waals surface area contributed by atoms with Crippen molar-refractivity contribution >= 4 is 27.3 Å². The molecule has 1 N–H and O–H groups in total. The minimum atomic E-state index is -3.21. The average Bonchev–Trinajstić information content (AvgIpc) is 2.51. The molecule has 0 spiro atoms. The number of amides is 1. The molecular formula is C11H16ClF2NO3S. The summed E-state index contributed by atoms with van der Waals surface area (Å²) in [6.45, 7) is 0. The van der Waals surface area contributed by atoms with E-state index >= 15 is 0 Å². The Morgan fingerprint density at radius 3 is 2.26 bits per heavy atom. The van der Waals surface area contributed by atoms with Crippen LogP contribution in [0.4, 0.5) is 8.78 Å². The third kappa shape index (κ3) is 3.78. The summed E-state index contributed by atoms with van der Waals surface area (Å²) in [5, 5.41) is 1.95. The molecule has 1 heterocycles. The monoisotopic (exact) mass is 315 g/mol. The smallest absolute Gasteiger partial charge is 0.248 e. The Morgan fingerprint density at radius 1 is 1.21 bits per heavy atom. The maximum Gasteiger partial charge on any atom is 0.248 e. The summed E-state index contributed by atoms with van der Waals surface area (Å²) in [6, 6.07) is -0.610. The van der Waals surface area contributed by atoms with E-state index in [1.54, 1.807) is 0 Å². The van der Waals surface area contributed by atoms with Crippen molar-refractivity contribution in [3.05, 3.63) is 0 Å². The van der Waals surface area contributed by atoms with E-state index in [1.165, 1.54) is 0 Å². The second-order valence-electron chi connectivity index (χ2n) is 5.34. The van der Waals surface area contributed by atoms with E-state index in [2.05, 4.69) is 5.32 Å². The summed E-state index contributed by atoms with van der Waals surface area (Å²) >= 11 is 5.88. The summed E-state index contributed by atoms with van der Waals surface area (Å²) < 4.78 is 48.7. The van der Waals surface area contributed by atoms with Crippen LogP contribution in [-0.4, -0.2) is 43.2 Å². The Labute approximate surface area is 115 Å². The third-order valence-corrected chi connectivity index (χ3v) is 6.07. The lowest BCUT2D eigenvalue weighted by Gasteiger charge is -2.28. The maximum atomic E-state index is 13.0. The van der Waals surface area contributed by atoms with Gasteiger partial charge in [0.05, 0.1) is 22.9 Å². The summed E-state index contributed by atoms with van der Waals surface area (Å²) in [6.07, 6.45) is -0.326. The lowest BCUT2D eigenvalue weighted by Crippen LogP contribution is -2.45. The molecule has 2 rings (SSSR count). The number of alkyl halides is 3. The van der Waals surface area contributed by atoms with Crippen molar-refractivity contribution in [2.45, 2.75) is 43.0 Å². The molecule has 0 aromatic carbocycles. The van der Waals surface area contributed by atoms with E-state index in [0.717, 1.165) is 0 Å². The fraction of sp³-hybridized carbons (Fsp3) is 0.909. The number of carbonyl (C=O) groups is 1. The van der Waals surface area contributed by atoms with Crippen molar-refractivity contribution < 1.29 is 22.0 Å². The van der Waals surface area contributed by atoms with Crippen LogP contribution in [0.25, 0.3) is 0 Å². The average molecular weight is 316 g/mol. The molecule has 0 bridgehead atoms. The molecular weight excluding hydrogens is 300 g/mol. The molecule has 8 heteroatoms. The highest BCUT2D eigenvalue weighted by molar-refractivity contribution is 7.91. The molecule has 1 saturated heterocycles. The second kappa shape index (κ2) is 5.16. The van der Waals surface area contributed by atoms with Crippen LogP contribution in [0.2, 0.25) is 0 Å². The highest BCUT2D eigenvalue weighted by atomic mass is 35.5. The fourth-order valence-corrected chi connectivity index (χ4v) is 5.09. The SMILES string of the molecule is O=C(NC1CS(=O)(=O)CC1Cl)C1CCC(F)(F)CC1. The Bertz CT molecular complexity index is 459. The fourth-order valence-electron chi connectivity index (χ4n) is 2.54. The van der Waals surface area contributed by atoms with Crippen molar-refractivity contribution in [1.82, 2.24) is 5.32 Å². The molecule has 0 radical (unpaired) electrons. The molecule has 2 fully saturated rings. The van der Waals surface area contributed by atoms with Gasteiger partial charge in [-0.25, -0.2) is 17.2 Å². The van der Waals surface area contributed by atoms with Crippen LogP contribution in [0.3, 0.4) is 0 Å². The quantitative estimate of drug-likeness (QED) is 0.782. The number of hydrogen-bond donors (Lipinski definition) is 1. The van der Waals surface area contributed by atoms with Gasteiger partial charge in [-0.05, 0) is 12.8 Å². The van der Waals surface area contributed by atoms with Crippen molar-refractivity contribution in [2.75, 3.05) is 11.5 Å². The summed E-state index contributed by atoms with van der Waals surface area (Å²) in [7, 11) is -3.21. The first-order chi connectivity index (χ1) is 8.69. The highest BCUT2D eigenvalue weighted by Crippen LogP contribution is 2.36. The van der Waals surface area contributed by atoms with Crippen LogP contribution in [0.15, 0.2) is 0 Å². The molecule has 0 aromatic heterocycles. The van der Waals surface area contributed by atoms with Gasteiger partial charge in [0.15, 0.2) is 9.84 Å². The van der Waals surface area contributed by atoms with Crippen LogP contribution in [0.5, 0.6) is 0 Å². The van der Waals surface area contributed by atoms with E-state index in [0.29, 0.717) is 0 Å². The highest BCUT2D eigenvalue weighted by Gasteiger charge is 2.41. The second-order valence-corrected chi connectivity index (χ2v) is 8.05. The van der Waals surface area contributed by atoms with E-state index in [4.69, 9.17) is 11.6 Å². The lowest BCUT2D eigenvalue weighted by atomic mass is 9.86. The van der Waals surface area contributed by atoms with E-state index in [9.17, 15) is 22.0 Å². The van der Waals surface area contributed by atoms with Gasteiger partial charge < -0.3 is 5.32 Å². The van der Waals surface area contributed by atoms with Crippen molar-refractivity contribution in [3.8, 4) is 0 Å². The minimum Gasteiger partial charge on any atom is -0.351 e. The number of carbonyl (C=O) groups excluding carboxylic acids is 1. The van der Waals surface area contributed by atoms with Crippen molar-refractivity contribution in [1.29, 1.82) is 0 Å². The van der Waals surface area contributed by atoms with E-state index in [1.807, 2.05) is 0 Å². The molecule has 1 aliphatic heterocycles. The van der Waals surface area contributed by atoms with Crippen LogP contribution in [0.1, 0.15) is 25.7 Å². The van der Waals surface area contributed by atoms with Crippen LogP contribution in [-0.2, 0) is 14.6 Å². The predicted octanol–water partition coefficient (Wildman–Crippen LogP) is 1.33. The summed E-state index contributed by atoms with van der Waals surface area (Å²) in [4.78, 5) is 11.9. The zero-order valence-corrected chi connectivity index (χ0v) is 11.8. The van der Waals surface area contributed by atoms with Gasteiger partial charge >= 0.3 is 0 Å². The molecule has 1 saturated carbocycles. The van der Waals surface area contributed by atoms with Gasteiger partial charge in [0.1, 0.15) is 0 Å². The van der Waals surface area contributed by atoms with Crippen molar-refractivity contribution in [3.63, 3.8) is 0 Å². The molecule has 2 unspecified atom stereocenters. The first-order valence-corrected chi connectivity index (χ1v) is 8.47. The molecule has 2 atom stereocenters. The van der Waals surface area contributed by atoms with Crippen LogP contribution >= 0.6 is 11.6 Å². The van der Waals surface area contributed by atoms with E-state index < -0.39 is 33.1 Å². The zero-order valence-electron chi connectivity index (χ0n) is 10.2. The Balaban J connectivity index is 1.89. The molecule has 110 valence electrons. The summed E-state index contributed by atoms with van der Waals surface area (Å²) in [5.41, 5.74) is 0. The van der Waals surface area contributed by atoms with Gasteiger partial charge in [0.25, 0.3) is 0 Å². The number of hydrogen-bond acceptors (Lipinski definition) is 3. The normalized spacial score (nSPS) is 34.1. The number of halogens is 3. The minimum absolute atomic E-state index is 0.130. The summed E-state index contributed by atoms with van der Waals surface area (Å²) in [5.74, 6) is -3.82. The molecule has 0 aromatic rings. The number of rotatable bonds is 2. The molecule has 4 nitrogen and oxygen atoms in total. The maximum absolute atomic E-state index is 13.0. The van der Waals surface area contributed by atoms with Gasteiger partial charge in [-0.15, -0.1) is 11.6 Å². The zero-order chi connectivity index (χ0) is 14.3. The molecule has 19 heavy (non-hydrogen) atoms. The Hall–Kier alpha value is -0.430. The third-order valence-electron chi connectivity index (χ3n) is 3.70. The van der Waals surface area contributed by atoms with Gasteiger partial charge in [-0.3, -0.25) is 4.79 Å². The first kappa shape index (κ1) is 15.0. The Kier molecular flexibility index (Phi) is 4.07. The number of sulfone groups is 1. The van der Waals surface area contributed by atoms with Gasteiger partial charge in [0, 0.05) is 18.8 Å². The van der Waals surface area contributed by atoms with E-state index in [-0.39, 0.29) is 43.1 Å². The number of nitrogens with one attached hydrogen (secondary N) is 1. The largest absolute Gasteiger partial charge is 0.351 e. The molecule has 1 amide bonds. The topological polar surface area (TPSA) is 63.2 Å². The van der Waals surface area contributed by atoms with Gasteiger partial charge in [0.2, 0.25) is 11.8 Å². The van der Waals surface area contributed by atoms with Gasteiger partial charge in [-0.1, -0.05) is 0 Å². The lowest BCUT2D eigenvalue weighted by molar-refractivity contribution is -0.129. The molecule has 2 aliphatic rings. The van der Waals surface area contributed by atoms with Crippen LogP contribution in [0, 0.1) is 5.92 Å². The van der Waals surface area contributed by atoms with Gasteiger partial charge in [-0.2, -0.15) is 0 Å². The molecule has 1 aliphatic carbocycles. The predicted molar refractivity (Wildman–Crippen MR) is 67.1 cm³/mol. The first-order valence-electron chi connectivity index (χ1n) is 6.21. The Morgan fingerprint density at radius 2 is 1.79 bits per heavy atom.